The molecule has 0 saturated heterocycles. The second kappa shape index (κ2) is 8.50. The number of hydrogen-bond acceptors (Lipinski definition) is 8. The van der Waals surface area contributed by atoms with Crippen molar-refractivity contribution in [3.63, 3.8) is 0 Å². The van der Waals surface area contributed by atoms with Crippen molar-refractivity contribution in [3.8, 4) is 0 Å². The van der Waals surface area contributed by atoms with Gasteiger partial charge >= 0.3 is 192 Å². The van der Waals surface area contributed by atoms with E-state index in [1.54, 1.807) is 16.6 Å². The molecule has 0 N–H and O–H groups in total. The Morgan fingerprint density at radius 3 is 1.38 bits per heavy atom. The van der Waals surface area contributed by atoms with Crippen LogP contribution in [0.15, 0.2) is 42.0 Å². The zero-order valence-electron chi connectivity index (χ0n) is 13.1. The molecule has 0 spiro atoms. The zero-order valence-corrected chi connectivity index (χ0v) is 23.0. The first-order valence-corrected chi connectivity index (χ1v) is 17.5. The SMILES string of the molecule is CSC1=C(SC)SC(=C2SC3=C(S2)SC(=C2[Se]C(C)=C(C)[Se]2)S3)S1. The maximum atomic E-state index is 2.33. The third kappa shape index (κ3) is 3.97. The molecule has 24 heavy (non-hydrogen) atoms. The van der Waals surface area contributed by atoms with Crippen LogP contribution in [0, 0.1) is 0 Å². The molecule has 0 nitrogen and oxygen atoms in total. The monoisotopic (exact) mass is 596 g/mol. The van der Waals surface area contributed by atoms with Crippen molar-refractivity contribution >= 4 is 124 Å². The first-order chi connectivity index (χ1) is 11.6. The van der Waals surface area contributed by atoms with Crippen LogP contribution in [0.3, 0.4) is 0 Å². The fourth-order valence-electron chi connectivity index (χ4n) is 1.89. The average molecular weight is 595 g/mol. The van der Waals surface area contributed by atoms with Gasteiger partial charge in [0.15, 0.2) is 0 Å². The Hall–Kier alpha value is 2.54. The van der Waals surface area contributed by atoms with Crippen molar-refractivity contribution in [2.75, 3.05) is 12.5 Å². The summed E-state index contributed by atoms with van der Waals surface area (Å²) in [6.07, 6.45) is 4.38. The van der Waals surface area contributed by atoms with Crippen LogP contribution in [-0.4, -0.2) is 42.4 Å². The number of hydrogen-bond donors (Lipinski definition) is 0. The Balaban J connectivity index is 1.45. The first-order valence-electron chi connectivity index (χ1n) is 6.74. The molecule has 0 unspecified atom stereocenters. The number of allylic oxidation sites excluding steroid dienone is 2. The van der Waals surface area contributed by atoms with Gasteiger partial charge in [-0.05, 0) is 0 Å². The van der Waals surface area contributed by atoms with Crippen molar-refractivity contribution in [1.82, 2.24) is 0 Å². The van der Waals surface area contributed by atoms with Gasteiger partial charge in [0.05, 0.1) is 0 Å². The van der Waals surface area contributed by atoms with Gasteiger partial charge < -0.3 is 0 Å². The zero-order chi connectivity index (χ0) is 16.8. The quantitative estimate of drug-likeness (QED) is 0.301. The van der Waals surface area contributed by atoms with Crippen LogP contribution in [0.1, 0.15) is 13.8 Å². The van der Waals surface area contributed by atoms with E-state index in [9.17, 15) is 0 Å². The van der Waals surface area contributed by atoms with E-state index in [1.807, 2.05) is 70.6 Å². The minimum absolute atomic E-state index is 0.622. The molecule has 0 amide bonds. The molecule has 0 bridgehead atoms. The molecule has 0 atom stereocenters. The number of thioether (sulfide) groups is 8. The van der Waals surface area contributed by atoms with Crippen molar-refractivity contribution in [2.45, 2.75) is 13.8 Å². The molecule has 0 aliphatic carbocycles. The molecule has 0 aromatic carbocycles. The van der Waals surface area contributed by atoms with Crippen LogP contribution in [0.5, 0.6) is 0 Å². The molecule has 0 radical (unpaired) electrons. The Bertz CT molecular complexity index is 718. The van der Waals surface area contributed by atoms with Crippen molar-refractivity contribution in [3.05, 3.63) is 42.0 Å². The van der Waals surface area contributed by atoms with E-state index >= 15 is 0 Å². The molecule has 0 fully saturated rings. The minimum atomic E-state index is 0.622. The Labute approximate surface area is 190 Å². The van der Waals surface area contributed by atoms with E-state index in [-0.39, 0.29) is 0 Å². The van der Waals surface area contributed by atoms with Crippen molar-refractivity contribution < 1.29 is 0 Å². The average Bonchev–Trinajstić information content (AvgIpc) is 3.29. The van der Waals surface area contributed by atoms with Crippen LogP contribution in [0.25, 0.3) is 0 Å². The molecule has 128 valence electrons. The van der Waals surface area contributed by atoms with E-state index in [2.05, 4.69) is 49.9 Å². The van der Waals surface area contributed by atoms with E-state index in [0.717, 1.165) is 0 Å². The van der Waals surface area contributed by atoms with Gasteiger partial charge in [0.2, 0.25) is 0 Å². The molecule has 4 aliphatic rings. The molecule has 4 rings (SSSR count). The van der Waals surface area contributed by atoms with Gasteiger partial charge in [0.1, 0.15) is 0 Å². The summed E-state index contributed by atoms with van der Waals surface area (Å²) < 4.78 is 15.7. The van der Waals surface area contributed by atoms with Crippen molar-refractivity contribution in [1.29, 1.82) is 0 Å². The van der Waals surface area contributed by atoms with Gasteiger partial charge in [-0.2, -0.15) is 0 Å². The third-order valence-corrected chi connectivity index (χ3v) is 22.4. The van der Waals surface area contributed by atoms with E-state index < -0.39 is 0 Å². The summed E-state index contributed by atoms with van der Waals surface area (Å²) in [5.74, 6) is 0. The predicted octanol–water partition coefficient (Wildman–Crippen LogP) is 7.33. The van der Waals surface area contributed by atoms with Gasteiger partial charge in [0.25, 0.3) is 0 Å². The Kier molecular flexibility index (Phi) is 7.02. The molecule has 4 aliphatic heterocycles. The molecule has 0 aromatic heterocycles. The topological polar surface area (TPSA) is 0 Å². The molecule has 0 saturated carbocycles. The second-order valence-electron chi connectivity index (χ2n) is 4.64. The maximum absolute atomic E-state index is 2.33. The van der Waals surface area contributed by atoms with E-state index in [1.165, 1.54) is 25.4 Å². The summed E-state index contributed by atoms with van der Waals surface area (Å²) in [7, 11) is 0. The molecule has 10 heteroatoms. The van der Waals surface area contributed by atoms with E-state index in [0.29, 0.717) is 29.9 Å². The summed E-state index contributed by atoms with van der Waals surface area (Å²) in [5, 5.41) is 0. The van der Waals surface area contributed by atoms with Gasteiger partial charge in [-0.3, -0.25) is 0 Å². The molecular weight excluding hydrogens is 583 g/mol. The van der Waals surface area contributed by atoms with Crippen molar-refractivity contribution in [2.24, 2.45) is 0 Å². The molecule has 4 heterocycles. The summed E-state index contributed by atoms with van der Waals surface area (Å²) in [6.45, 7) is 4.66. The van der Waals surface area contributed by atoms with Gasteiger partial charge in [0, 0.05) is 0 Å². The van der Waals surface area contributed by atoms with Gasteiger partial charge in [-0.1, -0.05) is 0 Å². The standard InChI is InChI=1S/C14H12S8Se2/c1-5-6(2)24-14(23-5)13-21-11-12(22-13)20-10(19-11)9-17-7(15-3)8(16-4)18-9/h1-4H3. The first kappa shape index (κ1) is 19.8. The normalized spacial score (nSPS) is 24.5. The summed E-state index contributed by atoms with van der Waals surface area (Å²) in [6, 6.07) is 0. The van der Waals surface area contributed by atoms with Crippen LogP contribution in [-0.2, 0) is 0 Å². The summed E-state index contributed by atoms with van der Waals surface area (Å²) >= 11 is 17.1. The molecular formula is C14H12S8Se2. The fourth-order valence-corrected chi connectivity index (χ4v) is 21.4. The van der Waals surface area contributed by atoms with Gasteiger partial charge in [-0.25, -0.2) is 0 Å². The fraction of sp³-hybridized carbons (Fsp3) is 0.286. The molecule has 0 aromatic rings. The van der Waals surface area contributed by atoms with E-state index in [4.69, 9.17) is 0 Å². The summed E-state index contributed by atoms with van der Waals surface area (Å²) in [5.41, 5.74) is 0. The Morgan fingerprint density at radius 2 is 0.958 bits per heavy atom. The van der Waals surface area contributed by atoms with Crippen LogP contribution < -0.4 is 0 Å². The predicted molar refractivity (Wildman–Crippen MR) is 131 cm³/mol. The summed E-state index contributed by atoms with van der Waals surface area (Å²) in [4.78, 5) is 0. The van der Waals surface area contributed by atoms with Crippen LogP contribution in [0.4, 0.5) is 0 Å². The third-order valence-electron chi connectivity index (χ3n) is 3.14. The van der Waals surface area contributed by atoms with Crippen LogP contribution >= 0.6 is 94.1 Å². The van der Waals surface area contributed by atoms with Gasteiger partial charge in [-0.15, -0.1) is 0 Å². The number of rotatable bonds is 2. The van der Waals surface area contributed by atoms with Crippen LogP contribution in [0.2, 0.25) is 0 Å². The Morgan fingerprint density at radius 1 is 0.583 bits per heavy atom. The second-order valence-corrected chi connectivity index (χ2v) is 20.7.